The van der Waals surface area contributed by atoms with Crippen LogP contribution in [0.1, 0.15) is 23.0 Å². The van der Waals surface area contributed by atoms with Gasteiger partial charge in [0.25, 0.3) is 0 Å². The minimum atomic E-state index is -0.465. The van der Waals surface area contributed by atoms with Gasteiger partial charge in [-0.25, -0.2) is 5.43 Å². The van der Waals surface area contributed by atoms with E-state index in [0.717, 1.165) is 15.4 Å². The van der Waals surface area contributed by atoms with Crippen LogP contribution in [0, 0.1) is 0 Å². The maximum atomic E-state index is 12.2. The van der Waals surface area contributed by atoms with Crippen molar-refractivity contribution in [1.29, 1.82) is 0 Å². The van der Waals surface area contributed by atoms with Crippen molar-refractivity contribution in [1.82, 2.24) is 5.43 Å². The van der Waals surface area contributed by atoms with E-state index in [1.165, 1.54) is 6.21 Å². The van der Waals surface area contributed by atoms with Crippen molar-refractivity contribution < 1.29 is 18.7 Å². The van der Waals surface area contributed by atoms with Crippen molar-refractivity contribution in [3.63, 3.8) is 0 Å². The Labute approximate surface area is 169 Å². The third-order valence-corrected chi connectivity index (χ3v) is 4.58. The summed E-state index contributed by atoms with van der Waals surface area (Å²) in [6.45, 7) is 2.39. The lowest BCUT2D eigenvalue weighted by Gasteiger charge is -2.11. The molecule has 0 bridgehead atoms. The number of carbonyl (C=O) groups excluding carboxylic acids is 1. The van der Waals surface area contributed by atoms with Crippen LogP contribution in [0.5, 0.6) is 11.5 Å². The van der Waals surface area contributed by atoms with E-state index in [1.54, 1.807) is 43.5 Å². The molecule has 0 spiro atoms. The Morgan fingerprint density at radius 2 is 2.11 bits per heavy atom. The Morgan fingerprint density at radius 1 is 1.30 bits per heavy atom. The number of furan rings is 1. The number of hydrogen-bond donors (Lipinski definition) is 1. The van der Waals surface area contributed by atoms with Gasteiger partial charge in [0.05, 0.1) is 19.9 Å². The molecule has 1 aromatic heterocycles. The zero-order chi connectivity index (χ0) is 19.4. The summed E-state index contributed by atoms with van der Waals surface area (Å²) >= 11 is 9.39. The monoisotopic (exact) mass is 450 g/mol. The molecule has 140 valence electrons. The largest absolute Gasteiger partial charge is 0.493 e. The van der Waals surface area contributed by atoms with Gasteiger partial charge < -0.3 is 13.9 Å². The van der Waals surface area contributed by atoms with E-state index in [0.29, 0.717) is 28.7 Å². The lowest BCUT2D eigenvalue weighted by Crippen LogP contribution is -2.16. The first kappa shape index (κ1) is 19.3. The number of rotatable bonds is 6. The van der Waals surface area contributed by atoms with Crippen molar-refractivity contribution in [3.8, 4) is 11.5 Å². The highest BCUT2D eigenvalue weighted by Gasteiger charge is 2.12. The first-order valence-electron chi connectivity index (χ1n) is 8.04. The number of ether oxygens (including phenoxy) is 2. The number of hydrogen-bond acceptors (Lipinski definition) is 5. The number of methoxy groups -OCH3 is 1. The summed E-state index contributed by atoms with van der Waals surface area (Å²) in [5.74, 6) is 0.873. The van der Waals surface area contributed by atoms with Crippen LogP contribution in [-0.4, -0.2) is 25.8 Å². The standard InChI is InChI=1S/C19H16BrClN2O4/c1-3-26-17-8-12(14(20)9-16(17)25-2)10-22-23-19(24)18-7-11-6-13(21)4-5-15(11)27-18/h4-10H,3H2,1-2H3,(H,23,24)/b22-10+. The summed E-state index contributed by atoms with van der Waals surface area (Å²) in [6, 6.07) is 10.3. The molecule has 1 N–H and O–H groups in total. The molecule has 0 saturated heterocycles. The summed E-state index contributed by atoms with van der Waals surface area (Å²) in [7, 11) is 1.57. The van der Waals surface area contributed by atoms with E-state index in [1.807, 2.05) is 6.92 Å². The van der Waals surface area contributed by atoms with E-state index in [9.17, 15) is 4.79 Å². The highest BCUT2D eigenvalue weighted by molar-refractivity contribution is 9.10. The van der Waals surface area contributed by atoms with Crippen LogP contribution in [0.2, 0.25) is 5.02 Å². The number of nitrogens with one attached hydrogen (secondary N) is 1. The van der Waals surface area contributed by atoms with Crippen LogP contribution in [-0.2, 0) is 0 Å². The Kier molecular flexibility index (Phi) is 6.03. The van der Waals surface area contributed by atoms with E-state index in [-0.39, 0.29) is 5.76 Å². The van der Waals surface area contributed by atoms with E-state index in [2.05, 4.69) is 26.5 Å². The third kappa shape index (κ3) is 4.43. The molecular formula is C19H16BrClN2O4. The van der Waals surface area contributed by atoms with Gasteiger partial charge in [0.2, 0.25) is 0 Å². The molecule has 8 heteroatoms. The Balaban J connectivity index is 1.75. The van der Waals surface area contributed by atoms with E-state index in [4.69, 9.17) is 25.5 Å². The summed E-state index contributed by atoms with van der Waals surface area (Å²) < 4.78 is 17.1. The molecule has 27 heavy (non-hydrogen) atoms. The summed E-state index contributed by atoms with van der Waals surface area (Å²) in [6.07, 6.45) is 1.50. The molecule has 0 fully saturated rings. The van der Waals surface area contributed by atoms with Gasteiger partial charge in [-0.3, -0.25) is 4.79 Å². The SMILES string of the molecule is CCOc1cc(/C=N/NC(=O)c2cc3cc(Cl)ccc3o2)c(Br)cc1OC. The fourth-order valence-electron chi connectivity index (χ4n) is 2.42. The predicted molar refractivity (Wildman–Crippen MR) is 108 cm³/mol. The quantitative estimate of drug-likeness (QED) is 0.422. The molecule has 0 unspecified atom stereocenters. The van der Waals surface area contributed by atoms with Crippen LogP contribution < -0.4 is 14.9 Å². The lowest BCUT2D eigenvalue weighted by molar-refractivity contribution is 0.0929. The number of fused-ring (bicyclic) bond motifs is 1. The molecule has 0 saturated carbocycles. The fraction of sp³-hybridized carbons (Fsp3) is 0.158. The summed E-state index contributed by atoms with van der Waals surface area (Å²) in [4.78, 5) is 12.2. The molecule has 1 heterocycles. The zero-order valence-electron chi connectivity index (χ0n) is 14.6. The van der Waals surface area contributed by atoms with Crippen LogP contribution in [0.3, 0.4) is 0 Å². The number of hydrazone groups is 1. The second kappa shape index (κ2) is 8.45. The van der Waals surface area contributed by atoms with Gasteiger partial charge in [-0.1, -0.05) is 11.6 Å². The number of nitrogens with zero attached hydrogens (tertiary/aromatic N) is 1. The highest BCUT2D eigenvalue weighted by atomic mass is 79.9. The van der Waals surface area contributed by atoms with Crippen LogP contribution in [0.15, 0.2) is 50.4 Å². The molecule has 1 amide bonds. The average Bonchev–Trinajstić information content (AvgIpc) is 3.07. The van der Waals surface area contributed by atoms with Gasteiger partial charge in [0.1, 0.15) is 5.58 Å². The first-order chi connectivity index (χ1) is 13.0. The Bertz CT molecular complexity index is 1020. The smallest absolute Gasteiger partial charge is 0.307 e. The summed E-state index contributed by atoms with van der Waals surface area (Å²) in [5.41, 5.74) is 3.74. The van der Waals surface area contributed by atoms with Gasteiger partial charge in [-0.15, -0.1) is 0 Å². The Hall–Kier alpha value is -2.51. The molecule has 0 aliphatic rings. The van der Waals surface area contributed by atoms with Crippen molar-refractivity contribution in [3.05, 3.63) is 57.2 Å². The highest BCUT2D eigenvalue weighted by Crippen LogP contribution is 2.32. The van der Waals surface area contributed by atoms with Gasteiger partial charge >= 0.3 is 5.91 Å². The Morgan fingerprint density at radius 3 is 2.85 bits per heavy atom. The van der Waals surface area contributed by atoms with Crippen molar-refractivity contribution in [2.45, 2.75) is 6.92 Å². The van der Waals surface area contributed by atoms with Crippen LogP contribution in [0.25, 0.3) is 11.0 Å². The first-order valence-corrected chi connectivity index (χ1v) is 9.21. The van der Waals surface area contributed by atoms with E-state index >= 15 is 0 Å². The second-order valence-corrected chi connectivity index (χ2v) is 6.74. The van der Waals surface area contributed by atoms with Gasteiger partial charge in [0.15, 0.2) is 17.3 Å². The van der Waals surface area contributed by atoms with Crippen molar-refractivity contribution >= 4 is 50.6 Å². The number of halogens is 2. The topological polar surface area (TPSA) is 73.1 Å². The predicted octanol–water partition coefficient (Wildman–Crippen LogP) is 5.02. The number of benzene rings is 2. The fourth-order valence-corrected chi connectivity index (χ4v) is 3.02. The maximum Gasteiger partial charge on any atom is 0.307 e. The molecule has 0 aliphatic heterocycles. The average molecular weight is 452 g/mol. The number of amides is 1. The summed E-state index contributed by atoms with van der Waals surface area (Å²) in [5, 5.41) is 5.30. The minimum absolute atomic E-state index is 0.146. The van der Waals surface area contributed by atoms with Crippen molar-refractivity contribution in [2.75, 3.05) is 13.7 Å². The minimum Gasteiger partial charge on any atom is -0.493 e. The second-order valence-electron chi connectivity index (χ2n) is 5.45. The normalized spacial score (nSPS) is 11.1. The maximum absolute atomic E-state index is 12.2. The number of carbonyl (C=O) groups is 1. The van der Waals surface area contributed by atoms with Crippen molar-refractivity contribution in [2.24, 2.45) is 5.10 Å². The molecule has 3 aromatic rings. The molecule has 0 atom stereocenters. The van der Waals surface area contributed by atoms with Crippen LogP contribution >= 0.6 is 27.5 Å². The van der Waals surface area contributed by atoms with Gasteiger partial charge in [0, 0.05) is 20.4 Å². The van der Waals surface area contributed by atoms with Crippen LogP contribution in [0.4, 0.5) is 0 Å². The molecule has 6 nitrogen and oxygen atoms in total. The molecule has 0 radical (unpaired) electrons. The molecule has 2 aromatic carbocycles. The van der Waals surface area contributed by atoms with Gasteiger partial charge in [-0.2, -0.15) is 5.10 Å². The zero-order valence-corrected chi connectivity index (χ0v) is 16.9. The molecule has 3 rings (SSSR count). The lowest BCUT2D eigenvalue weighted by atomic mass is 10.2. The third-order valence-electron chi connectivity index (χ3n) is 3.65. The van der Waals surface area contributed by atoms with Gasteiger partial charge in [-0.05, 0) is 59.3 Å². The molecule has 0 aliphatic carbocycles. The van der Waals surface area contributed by atoms with E-state index < -0.39 is 5.91 Å². The molecular weight excluding hydrogens is 436 g/mol.